The van der Waals surface area contributed by atoms with Crippen LogP contribution >= 0.6 is 0 Å². The molecular formula is C25H39NO. The molecule has 27 heavy (non-hydrogen) atoms. The molecule has 2 nitrogen and oxygen atoms in total. The van der Waals surface area contributed by atoms with Crippen LogP contribution in [0.25, 0.3) is 11.1 Å². The number of furan rings is 1. The van der Waals surface area contributed by atoms with Gasteiger partial charge >= 0.3 is 0 Å². The SMILES string of the molecule is CCCCCCC(C)(CCC)c1ccc(NC(C)(C)C)c(-c2ccoc2)c1. The van der Waals surface area contributed by atoms with Crippen molar-refractivity contribution in [1.82, 2.24) is 0 Å². The van der Waals surface area contributed by atoms with Gasteiger partial charge in [0.15, 0.2) is 0 Å². The molecule has 0 aliphatic heterocycles. The Kier molecular flexibility index (Phi) is 7.59. The van der Waals surface area contributed by atoms with E-state index >= 15 is 0 Å². The van der Waals surface area contributed by atoms with E-state index in [9.17, 15) is 0 Å². The second-order valence-electron chi connectivity index (χ2n) is 9.27. The van der Waals surface area contributed by atoms with E-state index in [4.69, 9.17) is 4.42 Å². The summed E-state index contributed by atoms with van der Waals surface area (Å²) in [6, 6.07) is 9.07. The summed E-state index contributed by atoms with van der Waals surface area (Å²) < 4.78 is 5.39. The van der Waals surface area contributed by atoms with E-state index in [1.54, 1.807) is 6.26 Å². The number of unbranched alkanes of at least 4 members (excludes halogenated alkanes) is 3. The molecule has 2 aromatic rings. The van der Waals surface area contributed by atoms with E-state index in [0.29, 0.717) is 0 Å². The van der Waals surface area contributed by atoms with Crippen molar-refractivity contribution < 1.29 is 4.42 Å². The van der Waals surface area contributed by atoms with Gasteiger partial charge < -0.3 is 9.73 Å². The van der Waals surface area contributed by atoms with E-state index in [-0.39, 0.29) is 11.0 Å². The minimum Gasteiger partial charge on any atom is -0.472 e. The third-order valence-electron chi connectivity index (χ3n) is 5.44. The van der Waals surface area contributed by atoms with Crippen molar-refractivity contribution in [1.29, 1.82) is 0 Å². The summed E-state index contributed by atoms with van der Waals surface area (Å²) in [5.74, 6) is 0. The molecule has 1 heterocycles. The molecule has 2 heteroatoms. The van der Waals surface area contributed by atoms with E-state index in [1.807, 2.05) is 6.26 Å². The van der Waals surface area contributed by atoms with Gasteiger partial charge in [0.2, 0.25) is 0 Å². The van der Waals surface area contributed by atoms with Gasteiger partial charge in [-0.1, -0.05) is 58.9 Å². The summed E-state index contributed by atoms with van der Waals surface area (Å²) in [7, 11) is 0. The van der Waals surface area contributed by atoms with Crippen molar-refractivity contribution in [3.05, 3.63) is 42.4 Å². The Morgan fingerprint density at radius 3 is 2.26 bits per heavy atom. The minimum atomic E-state index is 0.0207. The first-order valence-electron chi connectivity index (χ1n) is 10.7. The van der Waals surface area contributed by atoms with Crippen LogP contribution in [-0.4, -0.2) is 5.54 Å². The highest BCUT2D eigenvalue weighted by molar-refractivity contribution is 5.78. The summed E-state index contributed by atoms with van der Waals surface area (Å²) in [6.45, 7) is 13.6. The summed E-state index contributed by atoms with van der Waals surface area (Å²) in [6.07, 6.45) is 12.6. The molecule has 0 aliphatic rings. The molecule has 0 amide bonds. The Balaban J connectivity index is 2.38. The molecule has 150 valence electrons. The largest absolute Gasteiger partial charge is 0.472 e. The van der Waals surface area contributed by atoms with E-state index < -0.39 is 0 Å². The predicted molar refractivity (Wildman–Crippen MR) is 119 cm³/mol. The number of rotatable bonds is 10. The lowest BCUT2D eigenvalue weighted by Gasteiger charge is -2.32. The number of anilines is 1. The predicted octanol–water partition coefficient (Wildman–Crippen LogP) is 8.19. The number of hydrogen-bond donors (Lipinski definition) is 1. The molecule has 0 saturated carbocycles. The molecule has 2 rings (SSSR count). The van der Waals surface area contributed by atoms with Crippen LogP contribution in [0.4, 0.5) is 5.69 Å². The van der Waals surface area contributed by atoms with Crippen molar-refractivity contribution >= 4 is 5.69 Å². The fraction of sp³-hybridized carbons (Fsp3) is 0.600. The zero-order valence-corrected chi connectivity index (χ0v) is 18.3. The molecule has 1 unspecified atom stereocenters. The van der Waals surface area contributed by atoms with Crippen LogP contribution in [0.15, 0.2) is 41.2 Å². The van der Waals surface area contributed by atoms with E-state index in [1.165, 1.54) is 61.8 Å². The topological polar surface area (TPSA) is 25.2 Å². The van der Waals surface area contributed by atoms with Gasteiger partial charge in [0.25, 0.3) is 0 Å². The maximum absolute atomic E-state index is 5.39. The number of hydrogen-bond acceptors (Lipinski definition) is 2. The van der Waals surface area contributed by atoms with Crippen molar-refractivity contribution in [2.45, 2.75) is 97.4 Å². The molecule has 1 aromatic heterocycles. The first-order chi connectivity index (χ1) is 12.8. The minimum absolute atomic E-state index is 0.0207. The maximum atomic E-state index is 5.39. The van der Waals surface area contributed by atoms with Crippen LogP contribution in [0, 0.1) is 0 Å². The Morgan fingerprint density at radius 2 is 1.67 bits per heavy atom. The van der Waals surface area contributed by atoms with Gasteiger partial charge in [0.05, 0.1) is 12.5 Å². The first kappa shape index (κ1) is 21.6. The van der Waals surface area contributed by atoms with Crippen LogP contribution in [0.5, 0.6) is 0 Å². The summed E-state index contributed by atoms with van der Waals surface area (Å²) in [5, 5.41) is 3.67. The maximum Gasteiger partial charge on any atom is 0.0981 e. The number of nitrogens with one attached hydrogen (secondary N) is 1. The molecule has 0 saturated heterocycles. The summed E-state index contributed by atoms with van der Waals surface area (Å²) in [5.41, 5.74) is 5.28. The average molecular weight is 370 g/mol. The molecule has 0 radical (unpaired) electrons. The molecule has 1 aromatic carbocycles. The smallest absolute Gasteiger partial charge is 0.0981 e. The Bertz CT molecular complexity index is 681. The third kappa shape index (κ3) is 6.16. The van der Waals surface area contributed by atoms with Crippen molar-refractivity contribution in [2.75, 3.05) is 5.32 Å². The Labute approximate surface area is 166 Å². The van der Waals surface area contributed by atoms with Gasteiger partial charge in [-0.15, -0.1) is 0 Å². The molecule has 0 bridgehead atoms. The standard InChI is InChI=1S/C25H39NO/c1-7-9-10-11-16-25(6,15-8-2)21-12-13-23(26-24(3,4)5)22(18-21)20-14-17-27-19-20/h12-14,17-19,26H,7-11,15-16H2,1-6H3. The van der Waals surface area contributed by atoms with Gasteiger partial charge in [0.1, 0.15) is 0 Å². The molecular weight excluding hydrogens is 330 g/mol. The number of benzene rings is 1. The Morgan fingerprint density at radius 1 is 0.889 bits per heavy atom. The first-order valence-corrected chi connectivity index (χ1v) is 10.7. The normalized spacial score (nSPS) is 14.1. The van der Waals surface area contributed by atoms with Crippen LogP contribution in [0.1, 0.15) is 92.1 Å². The zero-order chi connectivity index (χ0) is 19.9. The van der Waals surface area contributed by atoms with Gasteiger partial charge in [-0.05, 0) is 62.8 Å². The zero-order valence-electron chi connectivity index (χ0n) is 18.3. The second-order valence-corrected chi connectivity index (χ2v) is 9.27. The lowest BCUT2D eigenvalue weighted by Crippen LogP contribution is -2.27. The van der Waals surface area contributed by atoms with Crippen LogP contribution in [-0.2, 0) is 5.41 Å². The molecule has 0 fully saturated rings. The van der Waals surface area contributed by atoms with Crippen molar-refractivity contribution in [2.24, 2.45) is 0 Å². The van der Waals surface area contributed by atoms with Crippen LogP contribution in [0.2, 0.25) is 0 Å². The highest BCUT2D eigenvalue weighted by Gasteiger charge is 2.26. The van der Waals surface area contributed by atoms with Gasteiger partial charge in [-0.25, -0.2) is 0 Å². The quantitative estimate of drug-likeness (QED) is 0.427. The monoisotopic (exact) mass is 369 g/mol. The van der Waals surface area contributed by atoms with E-state index in [0.717, 1.165) is 5.56 Å². The lowest BCUT2D eigenvalue weighted by atomic mass is 9.74. The lowest BCUT2D eigenvalue weighted by molar-refractivity contribution is 0.377. The fourth-order valence-electron chi connectivity index (χ4n) is 4.00. The van der Waals surface area contributed by atoms with Gasteiger partial charge in [-0.2, -0.15) is 0 Å². The molecule has 0 spiro atoms. The highest BCUT2D eigenvalue weighted by Crippen LogP contribution is 2.39. The van der Waals surface area contributed by atoms with Crippen LogP contribution in [0.3, 0.4) is 0 Å². The van der Waals surface area contributed by atoms with Crippen LogP contribution < -0.4 is 5.32 Å². The van der Waals surface area contributed by atoms with Gasteiger partial charge in [-0.3, -0.25) is 0 Å². The third-order valence-corrected chi connectivity index (χ3v) is 5.44. The molecule has 0 aliphatic carbocycles. The Hall–Kier alpha value is -1.70. The summed E-state index contributed by atoms with van der Waals surface area (Å²) >= 11 is 0. The molecule has 1 N–H and O–H groups in total. The second kappa shape index (κ2) is 9.48. The van der Waals surface area contributed by atoms with Gasteiger partial charge in [0, 0.05) is 22.4 Å². The summed E-state index contributed by atoms with van der Waals surface area (Å²) in [4.78, 5) is 0. The fourth-order valence-corrected chi connectivity index (χ4v) is 4.00. The average Bonchev–Trinajstić information content (AvgIpc) is 3.12. The highest BCUT2D eigenvalue weighted by atomic mass is 16.3. The molecule has 1 atom stereocenters. The van der Waals surface area contributed by atoms with Crippen molar-refractivity contribution in [3.63, 3.8) is 0 Å². The van der Waals surface area contributed by atoms with E-state index in [2.05, 4.69) is 71.1 Å². The van der Waals surface area contributed by atoms with Crippen molar-refractivity contribution in [3.8, 4) is 11.1 Å².